The summed E-state index contributed by atoms with van der Waals surface area (Å²) in [6.07, 6.45) is 0.840. The Morgan fingerprint density at radius 1 is 1.16 bits per heavy atom. The summed E-state index contributed by atoms with van der Waals surface area (Å²) in [4.78, 5) is 62.3. The molecular weight excluding hydrogens is 1020 g/mol. The van der Waals surface area contributed by atoms with Gasteiger partial charge in [0.05, 0.1) is 18.8 Å². The van der Waals surface area contributed by atoms with Crippen LogP contribution in [0.2, 0.25) is 3.93 Å². The first-order chi connectivity index (χ1) is 28.0. The van der Waals surface area contributed by atoms with Gasteiger partial charge in [-0.3, -0.25) is 14.4 Å². The number of hydrogen-bond acceptors (Lipinski definition) is 14. The molecule has 324 valence electrons. The molecule has 1 aromatic carbocycles. The van der Waals surface area contributed by atoms with Crippen molar-refractivity contribution < 1.29 is 115 Å². The number of aliphatic hydroxyl groups is 2. The fourth-order valence-corrected chi connectivity index (χ4v) is 18.8. The third-order valence-electron chi connectivity index (χ3n) is 12.6. The van der Waals surface area contributed by atoms with Crippen LogP contribution < -0.4 is 34.7 Å². The topological polar surface area (TPSA) is 220 Å². The number of nitrogens with zero attached hydrogens (tertiary/aromatic N) is 3. The van der Waals surface area contributed by atoms with Crippen molar-refractivity contribution in [2.45, 2.75) is 119 Å². The molecule has 3 saturated carbocycles. The van der Waals surface area contributed by atoms with Crippen LogP contribution in [0.25, 0.3) is 0 Å². The summed E-state index contributed by atoms with van der Waals surface area (Å²) in [5.74, 6) is -4.84. The van der Waals surface area contributed by atoms with E-state index in [1.807, 2.05) is 12.1 Å². The Morgan fingerprint density at radius 3 is 2.44 bits per heavy atom. The number of carboxylic acid groups (broad SMARTS) is 1. The number of carboxylic acids is 1. The van der Waals surface area contributed by atoms with E-state index in [1.165, 1.54) is 40.7 Å². The molecule has 1 aliphatic heterocycles. The minimum absolute atomic E-state index is 0. The number of carbonyl (C=O) groups is 4. The van der Waals surface area contributed by atoms with Crippen LogP contribution in [0.4, 0.5) is 14.6 Å². The van der Waals surface area contributed by atoms with Gasteiger partial charge >= 0.3 is 134 Å². The molecule has 7 rings (SSSR count). The van der Waals surface area contributed by atoms with Crippen LogP contribution in [0, 0.1) is 39.7 Å². The Labute approximate surface area is 389 Å². The minimum Gasteiger partial charge on any atom is -0.392 e. The van der Waals surface area contributed by atoms with Crippen LogP contribution in [0.1, 0.15) is 77.0 Å². The second-order valence-electron chi connectivity index (χ2n) is 16.6. The number of benzene rings is 1. The van der Waals surface area contributed by atoms with Gasteiger partial charge in [-0.15, -0.1) is 0 Å². The van der Waals surface area contributed by atoms with Crippen LogP contribution >= 0.6 is 8.24 Å². The number of alkyl halides is 2. The van der Waals surface area contributed by atoms with Gasteiger partial charge in [0.2, 0.25) is 5.78 Å². The first-order valence-electron chi connectivity index (χ1n) is 19.8. The predicted molar refractivity (Wildman–Crippen MR) is 206 cm³/mol. The van der Waals surface area contributed by atoms with Crippen LogP contribution in [-0.2, 0) is 58.2 Å². The number of carbonyl (C=O) groups excluding carboxylic acids is 4. The number of rotatable bonds is 10. The molecule has 20 heteroatoms. The summed E-state index contributed by atoms with van der Waals surface area (Å²) in [5.41, 5.74) is -6.11. The average Bonchev–Trinajstić information content (AvgIpc) is 3.77. The molecule has 1 saturated heterocycles. The fraction of sp³-hybridized carbons (Fsp3) is 0.585. The third kappa shape index (κ3) is 9.40. The number of halogens is 2. The second-order valence-corrected chi connectivity index (χ2v) is 29.7. The van der Waals surface area contributed by atoms with Crippen molar-refractivity contribution in [3.05, 3.63) is 75.8 Å². The zero-order valence-corrected chi connectivity index (χ0v) is 44.0. The molecule has 0 radical (unpaired) electrons. The van der Waals surface area contributed by atoms with Crippen molar-refractivity contribution in [3.63, 3.8) is 0 Å². The summed E-state index contributed by atoms with van der Waals surface area (Å²) in [6.45, 7) is 11.2. The molecule has 0 spiro atoms. The maximum Gasteiger partial charge on any atom is 1.00 e. The number of Topliss-reactive ketones (excluding diaryl/α,β-unsaturated/α-hetero) is 1. The van der Waals surface area contributed by atoms with Crippen LogP contribution in [0.5, 0.6) is 0 Å². The number of aliphatic hydroxyl groups excluding tert-OH is 2. The Hall–Kier alpha value is -2.42. The van der Waals surface area contributed by atoms with Gasteiger partial charge < -0.3 is 34.5 Å². The number of aryl methyl sites for hydroxylation is 1. The van der Waals surface area contributed by atoms with Gasteiger partial charge in [0.15, 0.2) is 35.3 Å². The average molecular weight is 1070 g/mol. The predicted octanol–water partition coefficient (Wildman–Crippen LogP) is 1.61. The summed E-state index contributed by atoms with van der Waals surface area (Å²) < 4.78 is 52.9. The summed E-state index contributed by atoms with van der Waals surface area (Å²) in [5, 5.41) is 41.1. The van der Waals surface area contributed by atoms with Crippen molar-refractivity contribution in [3.8, 4) is 0 Å². The van der Waals surface area contributed by atoms with Gasteiger partial charge in [-0.25, -0.2) is 18.3 Å². The van der Waals surface area contributed by atoms with E-state index in [2.05, 4.69) is 11.9 Å². The van der Waals surface area contributed by atoms with Gasteiger partial charge in [-0.05, 0) is 68.6 Å². The number of hydrogen-bond donors (Lipinski definition) is 2. The number of imidazole rings is 1. The second kappa shape index (κ2) is 19.8. The molecule has 5 aliphatic rings. The van der Waals surface area contributed by atoms with Crippen molar-refractivity contribution in [1.82, 2.24) is 9.55 Å². The normalized spacial score (nSPS) is 32.3. The molecule has 2 aromatic rings. The Kier molecular flexibility index (Phi) is 16.6. The standard InChI is InChI=1S/C26H32F2O7.C7H6O2S.C6H9N3O3.C2H5.Hg.Na/c1-13(29)33-12-20(32)26-21(34-22(2,3)35-26)10-15-16-9-18(27)17-8-14(30)6-7-23(17,4)25(16,28)19(31)11-24(15,26)5;8-7(9)5-3-1-2-4-6(5)10;1-5-7-4-6(9(11)12)8(5)2-3-10;1-2;;/h6-8,15-16,18-19,21,31H,9-12H2,1-5H3;1-4,10H,(H,8,9);4,10H,2-3H2,1H3;1H2,2H3;;/q;;;;2*+1/p-2/t15-,16-,18-,19-,21+,23-,24-,25-,26+;;;;;/m0...../s1. The molecule has 2 heterocycles. The van der Waals surface area contributed by atoms with Crippen molar-refractivity contribution >= 4 is 37.6 Å². The van der Waals surface area contributed by atoms with E-state index in [9.17, 15) is 39.5 Å². The minimum atomic E-state index is -2.27. The van der Waals surface area contributed by atoms with Gasteiger partial charge in [0.25, 0.3) is 0 Å². The maximum absolute atomic E-state index is 17.3. The number of esters is 1. The molecule has 0 amide bonds. The van der Waals surface area contributed by atoms with E-state index in [4.69, 9.17) is 19.3 Å². The van der Waals surface area contributed by atoms with E-state index in [0.29, 0.717) is 11.4 Å². The molecular formula is C41H50F2HgN3NaO12S. The first kappa shape index (κ1) is 51.2. The first-order valence-corrected chi connectivity index (χ1v) is 31.4. The van der Waals surface area contributed by atoms with Gasteiger partial charge in [-0.2, -0.15) is 0 Å². The smallest absolute Gasteiger partial charge is 0.392 e. The van der Waals surface area contributed by atoms with E-state index in [-0.39, 0.29) is 73.4 Å². The Balaban J connectivity index is 0.000000258. The Morgan fingerprint density at radius 2 is 1.84 bits per heavy atom. The van der Waals surface area contributed by atoms with Crippen LogP contribution in [0.3, 0.4) is 0 Å². The van der Waals surface area contributed by atoms with Crippen molar-refractivity contribution in [2.75, 3.05) is 13.2 Å². The monoisotopic (exact) mass is 1070 g/mol. The Bertz CT molecular complexity index is 2090. The number of fused-ring (bicyclic) bond motifs is 7. The number of nitro groups is 1. The van der Waals surface area contributed by atoms with Gasteiger partial charge in [-0.1, -0.05) is 13.0 Å². The number of ketones is 2. The zero-order chi connectivity index (χ0) is 44.6. The van der Waals surface area contributed by atoms with Crippen molar-refractivity contribution in [2.24, 2.45) is 22.7 Å². The quantitative estimate of drug-likeness (QED) is 0.150. The number of allylic oxidation sites excluding steroid dienone is 4. The summed E-state index contributed by atoms with van der Waals surface area (Å²) in [6, 6.07) is 7.09. The summed E-state index contributed by atoms with van der Waals surface area (Å²) in [7, 11) is 1.78. The van der Waals surface area contributed by atoms with Crippen molar-refractivity contribution in [1.29, 1.82) is 0 Å². The van der Waals surface area contributed by atoms with E-state index in [1.54, 1.807) is 48.1 Å². The molecule has 1 aromatic heterocycles. The molecule has 15 nitrogen and oxygen atoms in total. The number of aromatic carboxylic acids is 1. The number of ether oxygens (including phenoxy) is 3. The maximum atomic E-state index is 17.3. The van der Waals surface area contributed by atoms with Gasteiger partial charge in [0.1, 0.15) is 18.9 Å². The van der Waals surface area contributed by atoms with E-state index < -0.39 is 116 Å². The largest absolute Gasteiger partial charge is 1.00 e. The van der Waals surface area contributed by atoms with Crippen LogP contribution in [-0.4, -0.2) is 96.8 Å². The summed E-state index contributed by atoms with van der Waals surface area (Å²) >= 11 is -0.888. The van der Waals surface area contributed by atoms with E-state index >= 15 is 8.78 Å². The van der Waals surface area contributed by atoms with E-state index in [0.717, 1.165) is 11.0 Å². The molecule has 0 bridgehead atoms. The molecule has 2 N–H and O–H groups in total. The third-order valence-corrected chi connectivity index (χ3v) is 24.6. The van der Waals surface area contributed by atoms with Crippen LogP contribution in [0.15, 0.2) is 59.2 Å². The molecule has 0 unspecified atom stereocenters. The molecule has 4 aliphatic carbocycles. The number of aromatic nitrogens is 2. The van der Waals surface area contributed by atoms with Gasteiger partial charge in [0, 0.05) is 30.6 Å². The zero-order valence-electron chi connectivity index (χ0n) is 35.6. The molecule has 9 atom stereocenters. The molecule has 61 heavy (non-hydrogen) atoms. The SMILES string of the molecule is CC(=O)OCC(=O)[C@@]12OC(C)(C)O[C@@H]1C[C@H]1[C@@H]3C[C@H](F)C4=CC(=O)C=C[C@]4(C)[C@@]3(F)[C@@H](O)C[C@@]12C.C[CH2][Hg][S]c1ccccc1C(=O)[O-].Cc1ncc([N+](=O)[O-])n1CCO.[Na+]. The molecule has 4 fully saturated rings. The fourth-order valence-electron chi connectivity index (χ4n) is 10.0.